The Morgan fingerprint density at radius 2 is 1.86 bits per heavy atom. The molecule has 0 saturated heterocycles. The van der Waals surface area contributed by atoms with Crippen molar-refractivity contribution in [1.29, 1.82) is 0 Å². The van der Waals surface area contributed by atoms with Crippen molar-refractivity contribution in [2.75, 3.05) is 6.54 Å². The molecular formula is C18H24N2O. The van der Waals surface area contributed by atoms with Crippen molar-refractivity contribution < 1.29 is 4.74 Å². The number of nitrogens with zero attached hydrogens (tertiary/aromatic N) is 1. The molecule has 0 fully saturated rings. The predicted molar refractivity (Wildman–Crippen MR) is 86.9 cm³/mol. The van der Waals surface area contributed by atoms with Gasteiger partial charge in [-0.2, -0.15) is 0 Å². The van der Waals surface area contributed by atoms with Crippen LogP contribution >= 0.6 is 0 Å². The predicted octanol–water partition coefficient (Wildman–Crippen LogP) is 4.55. The summed E-state index contributed by atoms with van der Waals surface area (Å²) in [5.74, 6) is 1.47. The largest absolute Gasteiger partial charge is 0.439 e. The van der Waals surface area contributed by atoms with Crippen LogP contribution in [0.3, 0.4) is 0 Å². The summed E-state index contributed by atoms with van der Waals surface area (Å²) >= 11 is 0. The van der Waals surface area contributed by atoms with Gasteiger partial charge in [-0.05, 0) is 62.6 Å². The zero-order chi connectivity index (χ0) is 15.2. The average Bonchev–Trinajstić information content (AvgIpc) is 2.44. The van der Waals surface area contributed by atoms with Gasteiger partial charge in [0, 0.05) is 18.3 Å². The smallest absolute Gasteiger partial charge is 0.219 e. The summed E-state index contributed by atoms with van der Waals surface area (Å²) in [7, 11) is 0. The van der Waals surface area contributed by atoms with E-state index in [9.17, 15) is 0 Å². The number of ether oxygens (including phenoxy) is 1. The molecule has 1 heterocycles. The molecule has 0 saturated carbocycles. The molecule has 1 aromatic carbocycles. The fraction of sp³-hybridized carbons (Fsp3) is 0.389. The molecule has 0 radical (unpaired) electrons. The van der Waals surface area contributed by atoms with Crippen LogP contribution in [0.4, 0.5) is 0 Å². The molecule has 21 heavy (non-hydrogen) atoms. The maximum Gasteiger partial charge on any atom is 0.219 e. The molecule has 0 spiro atoms. The summed E-state index contributed by atoms with van der Waals surface area (Å²) in [4.78, 5) is 4.40. The molecule has 112 valence electrons. The summed E-state index contributed by atoms with van der Waals surface area (Å²) in [5.41, 5.74) is 3.56. The zero-order valence-electron chi connectivity index (χ0n) is 13.3. The third-order valence-corrected chi connectivity index (χ3v) is 3.38. The molecule has 1 N–H and O–H groups in total. The normalized spacial score (nSPS) is 12.2. The van der Waals surface area contributed by atoms with Crippen LogP contribution in [-0.2, 0) is 0 Å². The third-order valence-electron chi connectivity index (χ3n) is 3.38. The molecule has 2 rings (SSSR count). The van der Waals surface area contributed by atoms with Gasteiger partial charge < -0.3 is 10.1 Å². The van der Waals surface area contributed by atoms with Gasteiger partial charge in [0.1, 0.15) is 5.75 Å². The van der Waals surface area contributed by atoms with E-state index in [2.05, 4.69) is 50.1 Å². The molecule has 0 aliphatic heterocycles. The van der Waals surface area contributed by atoms with E-state index in [0.717, 1.165) is 18.7 Å². The van der Waals surface area contributed by atoms with E-state index in [-0.39, 0.29) is 0 Å². The van der Waals surface area contributed by atoms with Gasteiger partial charge in [-0.1, -0.05) is 19.1 Å². The number of aromatic nitrogens is 1. The van der Waals surface area contributed by atoms with E-state index >= 15 is 0 Å². The fourth-order valence-corrected chi connectivity index (χ4v) is 2.30. The minimum atomic E-state index is 0.313. The van der Waals surface area contributed by atoms with E-state index in [1.165, 1.54) is 16.7 Å². The highest BCUT2D eigenvalue weighted by atomic mass is 16.5. The highest BCUT2D eigenvalue weighted by Crippen LogP contribution is 2.23. The van der Waals surface area contributed by atoms with E-state index in [1.807, 2.05) is 24.4 Å². The van der Waals surface area contributed by atoms with E-state index in [0.29, 0.717) is 11.9 Å². The monoisotopic (exact) mass is 284 g/mol. The topological polar surface area (TPSA) is 34.1 Å². The maximum absolute atomic E-state index is 5.82. The molecule has 1 atom stereocenters. The lowest BCUT2D eigenvalue weighted by atomic mass is 10.1. The molecule has 0 amide bonds. The first kappa shape index (κ1) is 15.5. The zero-order valence-corrected chi connectivity index (χ0v) is 13.3. The lowest BCUT2D eigenvalue weighted by Gasteiger charge is -2.13. The van der Waals surface area contributed by atoms with Gasteiger partial charge in [-0.3, -0.25) is 0 Å². The number of hydrogen-bond acceptors (Lipinski definition) is 3. The van der Waals surface area contributed by atoms with Gasteiger partial charge in [-0.15, -0.1) is 0 Å². The molecule has 3 heteroatoms. The van der Waals surface area contributed by atoms with E-state index < -0.39 is 0 Å². The van der Waals surface area contributed by atoms with Crippen molar-refractivity contribution in [2.45, 2.75) is 40.2 Å². The Morgan fingerprint density at radius 3 is 2.43 bits per heavy atom. The minimum absolute atomic E-state index is 0.313. The molecule has 2 aromatic rings. The van der Waals surface area contributed by atoms with Gasteiger partial charge >= 0.3 is 0 Å². The van der Waals surface area contributed by atoms with E-state index in [1.54, 1.807) is 0 Å². The van der Waals surface area contributed by atoms with Gasteiger partial charge in [0.25, 0.3) is 0 Å². The highest BCUT2D eigenvalue weighted by molar-refractivity contribution is 5.35. The highest BCUT2D eigenvalue weighted by Gasteiger charge is 2.06. The van der Waals surface area contributed by atoms with Crippen molar-refractivity contribution in [2.24, 2.45) is 0 Å². The standard InChI is InChI=1S/C18H24N2O/c1-5-8-19-15(4)16-6-7-18(20-12-16)21-17-10-13(2)9-14(3)11-17/h6-7,9-12,15,19H,5,8H2,1-4H3. The molecule has 0 aliphatic carbocycles. The Kier molecular flexibility index (Phi) is 5.34. The van der Waals surface area contributed by atoms with Crippen LogP contribution in [0.25, 0.3) is 0 Å². The van der Waals surface area contributed by atoms with Crippen LogP contribution in [0.1, 0.15) is 43.0 Å². The first-order chi connectivity index (χ1) is 10.1. The van der Waals surface area contributed by atoms with Crippen LogP contribution in [0, 0.1) is 13.8 Å². The lowest BCUT2D eigenvalue weighted by molar-refractivity contribution is 0.460. The summed E-state index contributed by atoms with van der Waals surface area (Å²) < 4.78 is 5.82. The van der Waals surface area contributed by atoms with Gasteiger partial charge in [0.2, 0.25) is 5.88 Å². The fourth-order valence-electron chi connectivity index (χ4n) is 2.30. The quantitative estimate of drug-likeness (QED) is 0.845. The second kappa shape index (κ2) is 7.23. The van der Waals surface area contributed by atoms with Crippen LogP contribution in [0.15, 0.2) is 36.5 Å². The maximum atomic E-state index is 5.82. The van der Waals surface area contributed by atoms with Crippen LogP contribution < -0.4 is 10.1 Å². The first-order valence-corrected chi connectivity index (χ1v) is 7.54. The average molecular weight is 284 g/mol. The number of pyridine rings is 1. The Morgan fingerprint density at radius 1 is 1.14 bits per heavy atom. The molecule has 0 bridgehead atoms. The number of benzene rings is 1. The van der Waals surface area contributed by atoms with Gasteiger partial charge in [0.15, 0.2) is 0 Å². The first-order valence-electron chi connectivity index (χ1n) is 7.54. The van der Waals surface area contributed by atoms with Crippen molar-refractivity contribution in [3.05, 3.63) is 53.2 Å². The molecular weight excluding hydrogens is 260 g/mol. The van der Waals surface area contributed by atoms with E-state index in [4.69, 9.17) is 4.74 Å². The Balaban J connectivity index is 2.05. The van der Waals surface area contributed by atoms with Crippen LogP contribution in [-0.4, -0.2) is 11.5 Å². The summed E-state index contributed by atoms with van der Waals surface area (Å²) in [6.45, 7) is 9.47. The Hall–Kier alpha value is -1.87. The summed E-state index contributed by atoms with van der Waals surface area (Å²) in [6.07, 6.45) is 3.01. The summed E-state index contributed by atoms with van der Waals surface area (Å²) in [5, 5.41) is 3.45. The molecule has 1 unspecified atom stereocenters. The van der Waals surface area contributed by atoms with Crippen molar-refractivity contribution >= 4 is 0 Å². The SMILES string of the molecule is CCCNC(C)c1ccc(Oc2cc(C)cc(C)c2)nc1. The second-order valence-electron chi connectivity index (χ2n) is 5.53. The molecule has 1 aromatic heterocycles. The number of hydrogen-bond donors (Lipinski definition) is 1. The van der Waals surface area contributed by atoms with Crippen molar-refractivity contribution in [1.82, 2.24) is 10.3 Å². The number of rotatable bonds is 6. The van der Waals surface area contributed by atoms with Crippen LogP contribution in [0.2, 0.25) is 0 Å². The molecule has 0 aliphatic rings. The number of nitrogens with one attached hydrogen (secondary N) is 1. The summed E-state index contributed by atoms with van der Waals surface area (Å²) in [6, 6.07) is 10.5. The van der Waals surface area contributed by atoms with Crippen LogP contribution in [0.5, 0.6) is 11.6 Å². The third kappa shape index (κ3) is 4.57. The minimum Gasteiger partial charge on any atom is -0.439 e. The van der Waals surface area contributed by atoms with Crippen molar-refractivity contribution in [3.63, 3.8) is 0 Å². The molecule has 3 nitrogen and oxygen atoms in total. The van der Waals surface area contributed by atoms with Gasteiger partial charge in [-0.25, -0.2) is 4.98 Å². The van der Waals surface area contributed by atoms with Gasteiger partial charge in [0.05, 0.1) is 0 Å². The second-order valence-corrected chi connectivity index (χ2v) is 5.53. The Bertz CT molecular complexity index is 558. The Labute approximate surface area is 127 Å². The number of aryl methyl sites for hydroxylation is 2. The van der Waals surface area contributed by atoms with Crippen molar-refractivity contribution in [3.8, 4) is 11.6 Å². The lowest BCUT2D eigenvalue weighted by Crippen LogP contribution is -2.19.